The maximum absolute atomic E-state index is 11.7. The molecule has 0 amide bonds. The molecular weight excluding hydrogens is 262 g/mol. The molecule has 0 aromatic carbocycles. The molecule has 1 aromatic heterocycles. The minimum atomic E-state index is -3.61. The SMILES string of the molecule is COCCCS(=O)(=O)Nc1c(C(=O)O)cnn1C. The zero-order chi connectivity index (χ0) is 13.8. The molecule has 102 valence electrons. The number of anilines is 1. The van der Waals surface area contributed by atoms with E-state index < -0.39 is 16.0 Å². The highest BCUT2D eigenvalue weighted by Crippen LogP contribution is 2.15. The molecule has 2 N–H and O–H groups in total. The number of nitrogens with one attached hydrogen (secondary N) is 1. The Balaban J connectivity index is 2.84. The number of nitrogens with zero attached hydrogens (tertiary/aromatic N) is 2. The lowest BCUT2D eigenvalue weighted by molar-refractivity contribution is 0.0698. The molecular formula is C9H15N3O5S. The average Bonchev–Trinajstić information content (AvgIpc) is 2.60. The lowest BCUT2D eigenvalue weighted by atomic mass is 10.3. The van der Waals surface area contributed by atoms with Crippen molar-refractivity contribution in [1.29, 1.82) is 0 Å². The Kier molecular flexibility index (Phi) is 4.68. The summed E-state index contributed by atoms with van der Waals surface area (Å²) in [4.78, 5) is 10.9. The predicted molar refractivity (Wildman–Crippen MR) is 64.1 cm³/mol. The lowest BCUT2D eigenvalue weighted by Gasteiger charge is -2.08. The minimum absolute atomic E-state index is 0.0556. The highest BCUT2D eigenvalue weighted by molar-refractivity contribution is 7.92. The van der Waals surface area contributed by atoms with Crippen LogP contribution in [0.15, 0.2) is 6.20 Å². The summed E-state index contributed by atoms with van der Waals surface area (Å²) in [6.07, 6.45) is 1.42. The third-order valence-corrected chi connectivity index (χ3v) is 3.51. The average molecular weight is 277 g/mol. The molecule has 0 radical (unpaired) electrons. The van der Waals surface area contributed by atoms with Crippen LogP contribution in [0.3, 0.4) is 0 Å². The molecule has 0 aliphatic carbocycles. The highest BCUT2D eigenvalue weighted by atomic mass is 32.2. The van der Waals surface area contributed by atoms with Crippen LogP contribution < -0.4 is 4.72 Å². The summed E-state index contributed by atoms with van der Waals surface area (Å²) in [5.74, 6) is -1.44. The van der Waals surface area contributed by atoms with Gasteiger partial charge in [0.25, 0.3) is 0 Å². The Morgan fingerprint density at radius 3 is 2.83 bits per heavy atom. The number of hydrogen-bond acceptors (Lipinski definition) is 5. The van der Waals surface area contributed by atoms with Crippen molar-refractivity contribution in [2.45, 2.75) is 6.42 Å². The summed E-state index contributed by atoms with van der Waals surface area (Å²) < 4.78 is 31.5. The zero-order valence-electron chi connectivity index (χ0n) is 10.1. The molecule has 0 saturated carbocycles. The fourth-order valence-corrected chi connectivity index (χ4v) is 2.44. The molecule has 0 unspecified atom stereocenters. The minimum Gasteiger partial charge on any atom is -0.477 e. The summed E-state index contributed by atoms with van der Waals surface area (Å²) in [7, 11) is -0.676. The monoisotopic (exact) mass is 277 g/mol. The molecule has 0 bridgehead atoms. The van der Waals surface area contributed by atoms with E-state index in [0.29, 0.717) is 13.0 Å². The van der Waals surface area contributed by atoms with E-state index in [-0.39, 0.29) is 17.1 Å². The zero-order valence-corrected chi connectivity index (χ0v) is 10.9. The standard InChI is InChI=1S/C9H15N3O5S/c1-12-8(7(6-10-12)9(13)14)11-18(15,16)5-3-4-17-2/h6,11H,3-5H2,1-2H3,(H,13,14). The first kappa shape index (κ1) is 14.5. The van der Waals surface area contributed by atoms with Crippen molar-refractivity contribution in [3.8, 4) is 0 Å². The van der Waals surface area contributed by atoms with Gasteiger partial charge in [0.15, 0.2) is 5.82 Å². The molecule has 1 heterocycles. The van der Waals surface area contributed by atoms with Gasteiger partial charge in [0.2, 0.25) is 10.0 Å². The van der Waals surface area contributed by atoms with Gasteiger partial charge in [-0.3, -0.25) is 9.40 Å². The van der Waals surface area contributed by atoms with Crippen molar-refractivity contribution in [3.05, 3.63) is 11.8 Å². The van der Waals surface area contributed by atoms with Crippen molar-refractivity contribution in [3.63, 3.8) is 0 Å². The topological polar surface area (TPSA) is 111 Å². The van der Waals surface area contributed by atoms with Gasteiger partial charge < -0.3 is 9.84 Å². The molecule has 18 heavy (non-hydrogen) atoms. The fourth-order valence-electron chi connectivity index (χ4n) is 1.31. The third-order valence-electron chi connectivity index (χ3n) is 2.18. The number of methoxy groups -OCH3 is 1. The smallest absolute Gasteiger partial charge is 0.341 e. The van der Waals surface area contributed by atoms with Gasteiger partial charge in [-0.2, -0.15) is 5.10 Å². The van der Waals surface area contributed by atoms with E-state index in [4.69, 9.17) is 9.84 Å². The van der Waals surface area contributed by atoms with Crippen molar-refractivity contribution in [2.24, 2.45) is 7.05 Å². The van der Waals surface area contributed by atoms with E-state index in [9.17, 15) is 13.2 Å². The molecule has 0 fully saturated rings. The Hall–Kier alpha value is -1.61. The molecule has 0 spiro atoms. The predicted octanol–water partition coefficient (Wildman–Crippen LogP) is -0.103. The van der Waals surface area contributed by atoms with E-state index in [0.717, 1.165) is 10.9 Å². The van der Waals surface area contributed by atoms with Crippen LogP contribution in [-0.2, 0) is 21.8 Å². The number of carboxylic acids is 1. The Bertz CT molecular complexity index is 522. The second-order valence-electron chi connectivity index (χ2n) is 3.60. The van der Waals surface area contributed by atoms with Gasteiger partial charge >= 0.3 is 5.97 Å². The van der Waals surface area contributed by atoms with Gasteiger partial charge in [-0.25, -0.2) is 13.2 Å². The number of hydrogen-bond donors (Lipinski definition) is 2. The molecule has 0 saturated heterocycles. The van der Waals surface area contributed by atoms with Crippen LogP contribution in [0.4, 0.5) is 5.82 Å². The maximum Gasteiger partial charge on any atom is 0.341 e. The Morgan fingerprint density at radius 2 is 2.28 bits per heavy atom. The number of aromatic nitrogens is 2. The van der Waals surface area contributed by atoms with Gasteiger partial charge in [0.1, 0.15) is 5.56 Å². The molecule has 1 rings (SSSR count). The van der Waals surface area contributed by atoms with Gasteiger partial charge in [-0.1, -0.05) is 0 Å². The second kappa shape index (κ2) is 5.83. The van der Waals surface area contributed by atoms with Crippen LogP contribution >= 0.6 is 0 Å². The Labute approximate surface area is 105 Å². The number of sulfonamides is 1. The van der Waals surface area contributed by atoms with Crippen LogP contribution in [0.2, 0.25) is 0 Å². The summed E-state index contributed by atoms with van der Waals surface area (Å²) in [6.45, 7) is 0.318. The normalized spacial score (nSPS) is 11.4. The second-order valence-corrected chi connectivity index (χ2v) is 5.44. The molecule has 1 aromatic rings. The van der Waals surface area contributed by atoms with Crippen molar-refractivity contribution in [1.82, 2.24) is 9.78 Å². The van der Waals surface area contributed by atoms with Crippen molar-refractivity contribution in [2.75, 3.05) is 24.2 Å². The van der Waals surface area contributed by atoms with Crippen LogP contribution in [-0.4, -0.2) is 48.7 Å². The van der Waals surface area contributed by atoms with E-state index in [1.807, 2.05) is 0 Å². The van der Waals surface area contributed by atoms with E-state index in [1.54, 1.807) is 0 Å². The molecule has 0 atom stereocenters. The number of carbonyl (C=O) groups is 1. The summed E-state index contributed by atoms with van der Waals surface area (Å²) in [5, 5.41) is 12.6. The quantitative estimate of drug-likeness (QED) is 0.673. The maximum atomic E-state index is 11.7. The third kappa shape index (κ3) is 3.70. The first-order valence-corrected chi connectivity index (χ1v) is 6.77. The van der Waals surface area contributed by atoms with Crippen LogP contribution in [0.5, 0.6) is 0 Å². The summed E-state index contributed by atoms with van der Waals surface area (Å²) >= 11 is 0. The number of ether oxygens (including phenoxy) is 1. The van der Waals surface area contributed by atoms with Crippen LogP contribution in [0.1, 0.15) is 16.8 Å². The Morgan fingerprint density at radius 1 is 1.61 bits per heavy atom. The molecule has 9 heteroatoms. The van der Waals surface area contributed by atoms with Crippen LogP contribution in [0, 0.1) is 0 Å². The number of carboxylic acid groups (broad SMARTS) is 1. The van der Waals surface area contributed by atoms with Gasteiger partial charge in [0, 0.05) is 20.8 Å². The van der Waals surface area contributed by atoms with Crippen molar-refractivity contribution >= 4 is 21.8 Å². The molecule has 0 aliphatic heterocycles. The summed E-state index contributed by atoms with van der Waals surface area (Å²) in [6, 6.07) is 0. The fraction of sp³-hybridized carbons (Fsp3) is 0.556. The largest absolute Gasteiger partial charge is 0.477 e. The van der Waals surface area contributed by atoms with E-state index >= 15 is 0 Å². The highest BCUT2D eigenvalue weighted by Gasteiger charge is 2.20. The molecule has 8 nitrogen and oxygen atoms in total. The first-order chi connectivity index (χ1) is 8.37. The number of aryl methyl sites for hydroxylation is 1. The molecule has 0 aliphatic rings. The van der Waals surface area contributed by atoms with E-state index in [2.05, 4.69) is 9.82 Å². The van der Waals surface area contributed by atoms with Crippen molar-refractivity contribution < 1.29 is 23.1 Å². The number of rotatable bonds is 7. The van der Waals surface area contributed by atoms with E-state index in [1.165, 1.54) is 14.2 Å². The van der Waals surface area contributed by atoms with Gasteiger partial charge in [0.05, 0.1) is 11.9 Å². The van der Waals surface area contributed by atoms with Gasteiger partial charge in [-0.15, -0.1) is 0 Å². The van der Waals surface area contributed by atoms with Crippen LogP contribution in [0.25, 0.3) is 0 Å². The first-order valence-electron chi connectivity index (χ1n) is 5.12. The number of aromatic carboxylic acids is 1. The summed E-state index contributed by atoms with van der Waals surface area (Å²) in [5.41, 5.74) is -0.187. The lowest BCUT2D eigenvalue weighted by Crippen LogP contribution is -2.21. The van der Waals surface area contributed by atoms with Gasteiger partial charge in [-0.05, 0) is 6.42 Å².